The molecule has 0 fully saturated rings. The molecule has 0 bridgehead atoms. The van der Waals surface area contributed by atoms with Gasteiger partial charge in [-0.2, -0.15) is 0 Å². The molecule has 1 N–H and O–H groups in total. The van der Waals surface area contributed by atoms with Gasteiger partial charge in [0.15, 0.2) is 23.0 Å². The number of ether oxygens (including phenoxy) is 4. The van der Waals surface area contributed by atoms with Crippen molar-refractivity contribution < 1.29 is 23.7 Å². The molecule has 2 aliphatic heterocycles. The Kier molecular flexibility index (Phi) is 4.51. The van der Waals surface area contributed by atoms with Gasteiger partial charge in [0.1, 0.15) is 6.10 Å². The third-order valence-electron chi connectivity index (χ3n) is 4.20. The molecule has 0 radical (unpaired) electrons. The van der Waals surface area contributed by atoms with Crippen molar-refractivity contribution >= 4 is 23.2 Å². The second-order valence-corrected chi connectivity index (χ2v) is 6.53. The summed E-state index contributed by atoms with van der Waals surface area (Å²) in [5, 5.41) is 3.17. The number of nitrogens with one attached hydrogen (secondary N) is 1. The van der Waals surface area contributed by atoms with Crippen molar-refractivity contribution in [3.63, 3.8) is 0 Å². The first-order valence-electron chi connectivity index (χ1n) is 8.44. The minimum Gasteiger partial charge on any atom is -0.490 e. The number of hydrogen-bond acceptors (Lipinski definition) is 5. The Hall–Kier alpha value is -2.60. The average Bonchev–Trinajstić information content (AvgIpc) is 2.86. The van der Waals surface area contributed by atoms with Crippen LogP contribution in [0.4, 0.5) is 5.69 Å². The molecule has 6 nitrogen and oxygen atoms in total. The molecule has 0 aliphatic carbocycles. The van der Waals surface area contributed by atoms with Crippen LogP contribution < -0.4 is 24.3 Å². The second kappa shape index (κ2) is 6.96. The molecular weight excluding hydrogens is 358 g/mol. The van der Waals surface area contributed by atoms with Gasteiger partial charge in [0.2, 0.25) is 6.10 Å². The summed E-state index contributed by atoms with van der Waals surface area (Å²) >= 11 is 6.29. The Morgan fingerprint density at radius 3 is 2.42 bits per heavy atom. The maximum atomic E-state index is 12.7. The summed E-state index contributed by atoms with van der Waals surface area (Å²) in [4.78, 5) is 12.7. The Balaban J connectivity index is 1.54. The number of para-hydroxylation sites is 2. The lowest BCUT2D eigenvalue weighted by molar-refractivity contribution is -0.128. The van der Waals surface area contributed by atoms with E-state index in [2.05, 4.69) is 5.32 Å². The third kappa shape index (κ3) is 3.24. The molecule has 0 aromatic heterocycles. The summed E-state index contributed by atoms with van der Waals surface area (Å²) in [6, 6.07) is 10.6. The lowest BCUT2D eigenvalue weighted by Crippen LogP contribution is -2.46. The second-order valence-electron chi connectivity index (χ2n) is 6.13. The van der Waals surface area contributed by atoms with Crippen LogP contribution in [0.3, 0.4) is 0 Å². The fraction of sp³-hybridized carbons (Fsp3) is 0.316. The number of carbonyl (C=O) groups excluding carboxylic acids is 1. The van der Waals surface area contributed by atoms with Gasteiger partial charge in [-0.05, 0) is 19.1 Å². The van der Waals surface area contributed by atoms with Gasteiger partial charge in [0, 0.05) is 18.6 Å². The van der Waals surface area contributed by atoms with E-state index in [0.717, 1.165) is 6.42 Å². The highest BCUT2D eigenvalue weighted by atomic mass is 35.5. The van der Waals surface area contributed by atoms with Gasteiger partial charge in [0.25, 0.3) is 5.91 Å². The number of rotatable bonds is 2. The van der Waals surface area contributed by atoms with Crippen LogP contribution in [-0.2, 0) is 4.79 Å². The molecule has 2 atom stereocenters. The summed E-state index contributed by atoms with van der Waals surface area (Å²) in [5.74, 6) is 1.95. The topological polar surface area (TPSA) is 66.0 Å². The van der Waals surface area contributed by atoms with Gasteiger partial charge in [-0.15, -0.1) is 0 Å². The Labute approximate surface area is 156 Å². The number of fused-ring (bicyclic) bond motifs is 2. The molecule has 2 heterocycles. The molecule has 0 unspecified atom stereocenters. The third-order valence-corrected chi connectivity index (χ3v) is 4.51. The first-order chi connectivity index (χ1) is 12.6. The number of amides is 1. The first-order valence-corrected chi connectivity index (χ1v) is 8.82. The van der Waals surface area contributed by atoms with Crippen molar-refractivity contribution in [2.24, 2.45) is 0 Å². The van der Waals surface area contributed by atoms with Crippen LogP contribution >= 0.6 is 11.6 Å². The zero-order chi connectivity index (χ0) is 18.1. The molecule has 0 saturated heterocycles. The number of hydrogen-bond donors (Lipinski definition) is 1. The molecular formula is C19H18ClNO5. The largest absolute Gasteiger partial charge is 0.490 e. The van der Waals surface area contributed by atoms with Crippen molar-refractivity contribution in [2.45, 2.75) is 25.6 Å². The summed E-state index contributed by atoms with van der Waals surface area (Å²) in [7, 11) is 0. The van der Waals surface area contributed by atoms with Crippen molar-refractivity contribution in [1.29, 1.82) is 0 Å². The maximum absolute atomic E-state index is 12.7. The van der Waals surface area contributed by atoms with Crippen LogP contribution in [0.15, 0.2) is 36.4 Å². The first kappa shape index (κ1) is 16.8. The van der Waals surface area contributed by atoms with Gasteiger partial charge < -0.3 is 24.3 Å². The van der Waals surface area contributed by atoms with Gasteiger partial charge in [-0.25, -0.2) is 0 Å². The van der Waals surface area contributed by atoms with E-state index < -0.39 is 12.2 Å². The average molecular weight is 376 g/mol. The van der Waals surface area contributed by atoms with E-state index in [4.69, 9.17) is 30.5 Å². The summed E-state index contributed by atoms with van der Waals surface area (Å²) in [6.07, 6.45) is -0.445. The summed E-state index contributed by atoms with van der Waals surface area (Å²) in [6.45, 7) is 2.91. The predicted molar refractivity (Wildman–Crippen MR) is 96.6 cm³/mol. The molecule has 1 amide bonds. The highest BCUT2D eigenvalue weighted by molar-refractivity contribution is 6.34. The maximum Gasteiger partial charge on any atom is 0.269 e. The van der Waals surface area contributed by atoms with Gasteiger partial charge in [0.05, 0.1) is 23.9 Å². The van der Waals surface area contributed by atoms with Crippen LogP contribution in [0.25, 0.3) is 0 Å². The Bertz CT molecular complexity index is 841. The monoisotopic (exact) mass is 375 g/mol. The minimum absolute atomic E-state index is 0.344. The van der Waals surface area contributed by atoms with Crippen molar-refractivity contribution in [2.75, 3.05) is 18.5 Å². The lowest BCUT2D eigenvalue weighted by Gasteiger charge is -2.31. The van der Waals surface area contributed by atoms with E-state index in [1.165, 1.54) is 0 Å². The zero-order valence-corrected chi connectivity index (χ0v) is 14.9. The molecule has 136 valence electrons. The fourth-order valence-corrected chi connectivity index (χ4v) is 3.09. The zero-order valence-electron chi connectivity index (χ0n) is 14.2. The molecule has 2 aromatic rings. The normalized spacial score (nSPS) is 20.8. The van der Waals surface area contributed by atoms with E-state index in [1.54, 1.807) is 31.2 Å². The highest BCUT2D eigenvalue weighted by Crippen LogP contribution is 2.38. The van der Waals surface area contributed by atoms with Crippen molar-refractivity contribution in [3.8, 4) is 23.0 Å². The van der Waals surface area contributed by atoms with Crippen LogP contribution in [0.2, 0.25) is 5.02 Å². The van der Waals surface area contributed by atoms with E-state index >= 15 is 0 Å². The molecule has 2 aliphatic rings. The van der Waals surface area contributed by atoms with Crippen LogP contribution in [-0.4, -0.2) is 31.3 Å². The smallest absolute Gasteiger partial charge is 0.269 e. The fourth-order valence-electron chi connectivity index (χ4n) is 2.89. The number of carbonyl (C=O) groups is 1. The molecule has 2 aromatic carbocycles. The number of benzene rings is 2. The summed E-state index contributed by atoms with van der Waals surface area (Å²) in [5.41, 5.74) is 0.440. The van der Waals surface area contributed by atoms with Crippen LogP contribution in [0.1, 0.15) is 13.3 Å². The van der Waals surface area contributed by atoms with Gasteiger partial charge >= 0.3 is 0 Å². The van der Waals surface area contributed by atoms with E-state index in [1.807, 2.05) is 12.1 Å². The highest BCUT2D eigenvalue weighted by Gasteiger charge is 2.34. The van der Waals surface area contributed by atoms with Gasteiger partial charge in [-0.3, -0.25) is 4.79 Å². The SMILES string of the molecule is C[C@@H]1Oc2ccccc2O[C@@H]1C(=O)Nc1cc2c(cc1Cl)OCCCO2. The summed E-state index contributed by atoms with van der Waals surface area (Å²) < 4.78 is 22.8. The minimum atomic E-state index is -0.794. The molecule has 0 saturated carbocycles. The number of halogens is 1. The Morgan fingerprint density at radius 1 is 1.04 bits per heavy atom. The quantitative estimate of drug-likeness (QED) is 0.867. The number of anilines is 1. The lowest BCUT2D eigenvalue weighted by atomic mass is 10.1. The standard InChI is InChI=1S/C19H18ClNO5/c1-11-18(26-15-6-3-2-5-14(15)25-11)19(22)21-13-10-17-16(9-12(13)20)23-7-4-8-24-17/h2-3,5-6,9-11,18H,4,7-8H2,1H3,(H,21,22)/t11-,18-/m0/s1. The molecule has 4 rings (SSSR count). The van der Waals surface area contributed by atoms with E-state index in [0.29, 0.717) is 46.9 Å². The molecule has 0 spiro atoms. The Morgan fingerprint density at radius 2 is 1.69 bits per heavy atom. The van der Waals surface area contributed by atoms with E-state index in [9.17, 15) is 4.79 Å². The predicted octanol–water partition coefficient (Wildman–Crippen LogP) is 3.67. The van der Waals surface area contributed by atoms with Crippen molar-refractivity contribution in [3.05, 3.63) is 41.4 Å². The van der Waals surface area contributed by atoms with Crippen molar-refractivity contribution in [1.82, 2.24) is 0 Å². The molecule has 26 heavy (non-hydrogen) atoms. The van der Waals surface area contributed by atoms with E-state index in [-0.39, 0.29) is 5.91 Å². The van der Waals surface area contributed by atoms with Crippen LogP contribution in [0.5, 0.6) is 23.0 Å². The van der Waals surface area contributed by atoms with Crippen LogP contribution in [0, 0.1) is 0 Å². The van der Waals surface area contributed by atoms with Gasteiger partial charge in [-0.1, -0.05) is 23.7 Å². The molecule has 7 heteroatoms.